The Bertz CT molecular complexity index is 1970. The minimum Gasteiger partial charge on any atom is -0.462 e. The molecule has 0 aliphatic rings. The van der Waals surface area contributed by atoms with E-state index in [1.165, 1.54) is 218 Å². The van der Waals surface area contributed by atoms with Gasteiger partial charge in [-0.2, -0.15) is 0 Å². The SMILES string of the molecule is CC(C)CCCCCCCCCCCCCCCCCCCCC(=O)O[C@H](COC(=O)CCCCCCCCC(C)C)COP(=O)(O)OCC(O)COP(=O)(O)OC[C@@H](COC(=O)CCCCCCCCCCCCCCCCCC(C)C)OC(=O)CCCCCCCCCCCCC(C)C. The standard InChI is InChI=1S/C82H160O17P2/c1-72(2)58-50-42-34-28-22-18-14-11-9-10-12-16-21-25-32-38-48-56-64-81(86)99-78(69-93-80(85)63-55-47-41-40-45-53-61-75(7)8)71-97-101(90,91)95-67-76(83)66-94-100(88,89)96-70-77(98-82(87)65-57-49-39-33-27-26-30-36-44-52-60-74(5)6)68-92-79(84)62-54-46-37-31-24-20-17-13-15-19-23-29-35-43-51-59-73(3)4/h72-78,83H,9-71H2,1-8H3,(H,88,89)(H,90,91)/t76?,77-,78-/m1/s1. The summed E-state index contributed by atoms with van der Waals surface area (Å²) in [6.07, 6.45) is 58.6. The van der Waals surface area contributed by atoms with Crippen LogP contribution < -0.4 is 0 Å². The van der Waals surface area contributed by atoms with Crippen molar-refractivity contribution >= 4 is 39.5 Å². The fourth-order valence-corrected chi connectivity index (χ4v) is 14.2. The molecular weight excluding hydrogens is 1320 g/mol. The van der Waals surface area contributed by atoms with Gasteiger partial charge in [0, 0.05) is 25.7 Å². The topological polar surface area (TPSA) is 237 Å². The molecular formula is C82H160O17P2. The van der Waals surface area contributed by atoms with Gasteiger partial charge in [-0.25, -0.2) is 9.13 Å². The summed E-state index contributed by atoms with van der Waals surface area (Å²) in [6, 6.07) is 0. The highest BCUT2D eigenvalue weighted by atomic mass is 31.2. The van der Waals surface area contributed by atoms with Crippen molar-refractivity contribution < 1.29 is 80.2 Å². The van der Waals surface area contributed by atoms with Crippen LogP contribution in [-0.4, -0.2) is 96.7 Å². The molecule has 0 saturated carbocycles. The van der Waals surface area contributed by atoms with Crippen LogP contribution in [-0.2, 0) is 65.4 Å². The second kappa shape index (κ2) is 71.0. The largest absolute Gasteiger partial charge is 0.472 e. The summed E-state index contributed by atoms with van der Waals surface area (Å²) in [5.41, 5.74) is 0. The van der Waals surface area contributed by atoms with Crippen LogP contribution >= 0.6 is 15.6 Å². The third kappa shape index (κ3) is 76.1. The minimum atomic E-state index is -4.96. The third-order valence-electron chi connectivity index (χ3n) is 19.1. The van der Waals surface area contributed by atoms with Crippen LogP contribution in [0, 0.1) is 23.7 Å². The molecule has 0 aromatic rings. The maximum atomic E-state index is 13.1. The third-order valence-corrected chi connectivity index (χ3v) is 21.0. The molecule has 0 saturated heterocycles. The van der Waals surface area contributed by atoms with Crippen LogP contribution in [0.4, 0.5) is 0 Å². The minimum absolute atomic E-state index is 0.106. The molecule has 0 aromatic heterocycles. The molecule has 0 heterocycles. The Balaban J connectivity index is 5.17. The molecule has 0 rings (SSSR count). The zero-order valence-electron chi connectivity index (χ0n) is 66.5. The van der Waals surface area contributed by atoms with Gasteiger partial charge in [0.25, 0.3) is 0 Å². The van der Waals surface area contributed by atoms with Crippen molar-refractivity contribution in [3.05, 3.63) is 0 Å². The molecule has 101 heavy (non-hydrogen) atoms. The predicted molar refractivity (Wildman–Crippen MR) is 414 cm³/mol. The van der Waals surface area contributed by atoms with Gasteiger partial charge in [0.1, 0.15) is 19.3 Å². The van der Waals surface area contributed by atoms with Gasteiger partial charge in [-0.1, -0.05) is 370 Å². The van der Waals surface area contributed by atoms with Gasteiger partial charge in [0.15, 0.2) is 12.2 Å². The van der Waals surface area contributed by atoms with E-state index in [2.05, 4.69) is 55.4 Å². The molecule has 3 unspecified atom stereocenters. The summed E-state index contributed by atoms with van der Waals surface area (Å²) < 4.78 is 68.7. The number of phosphoric acid groups is 2. The van der Waals surface area contributed by atoms with E-state index in [-0.39, 0.29) is 25.7 Å². The lowest BCUT2D eigenvalue weighted by atomic mass is 10.0. The average Bonchev–Trinajstić information content (AvgIpc) is 0.957. The van der Waals surface area contributed by atoms with Crippen molar-refractivity contribution in [2.24, 2.45) is 23.7 Å². The first kappa shape index (κ1) is 99.1. The Hall–Kier alpha value is -1.94. The van der Waals surface area contributed by atoms with Crippen molar-refractivity contribution in [1.29, 1.82) is 0 Å². The number of carbonyl (C=O) groups excluding carboxylic acids is 4. The molecule has 600 valence electrons. The lowest BCUT2D eigenvalue weighted by molar-refractivity contribution is -0.161. The summed E-state index contributed by atoms with van der Waals surface area (Å²) in [5.74, 6) is 0.942. The second-order valence-corrected chi connectivity index (χ2v) is 34.3. The number of carbonyl (C=O) groups is 4. The molecule has 0 radical (unpaired) electrons. The molecule has 5 atom stereocenters. The molecule has 3 N–H and O–H groups in total. The van der Waals surface area contributed by atoms with Crippen LogP contribution in [0.3, 0.4) is 0 Å². The molecule has 0 aliphatic heterocycles. The van der Waals surface area contributed by atoms with Crippen LogP contribution in [0.5, 0.6) is 0 Å². The van der Waals surface area contributed by atoms with Crippen LogP contribution in [0.15, 0.2) is 0 Å². The predicted octanol–water partition coefficient (Wildman–Crippen LogP) is 24.4. The average molecular weight is 1480 g/mol. The number of hydrogen-bond donors (Lipinski definition) is 3. The number of esters is 4. The summed E-state index contributed by atoms with van der Waals surface area (Å²) in [5, 5.41) is 10.6. The molecule has 17 nitrogen and oxygen atoms in total. The van der Waals surface area contributed by atoms with E-state index < -0.39 is 97.5 Å². The normalized spacial score (nSPS) is 14.0. The summed E-state index contributed by atoms with van der Waals surface area (Å²) in [6.45, 7) is 14.2. The van der Waals surface area contributed by atoms with E-state index in [1.807, 2.05) is 0 Å². The highest BCUT2D eigenvalue weighted by Gasteiger charge is 2.30. The molecule has 0 aromatic carbocycles. The second-order valence-electron chi connectivity index (χ2n) is 31.4. The Kier molecular flexibility index (Phi) is 69.6. The van der Waals surface area contributed by atoms with Crippen LogP contribution in [0.2, 0.25) is 0 Å². The molecule has 0 amide bonds. The number of phosphoric ester groups is 2. The molecule has 0 aliphatic carbocycles. The summed E-state index contributed by atoms with van der Waals surface area (Å²) >= 11 is 0. The van der Waals surface area contributed by atoms with E-state index in [9.17, 15) is 43.2 Å². The maximum Gasteiger partial charge on any atom is 0.472 e. The molecule has 0 spiro atoms. The highest BCUT2D eigenvalue weighted by molar-refractivity contribution is 7.47. The Morgan fingerprint density at radius 3 is 0.614 bits per heavy atom. The zero-order valence-corrected chi connectivity index (χ0v) is 68.3. The molecule has 19 heteroatoms. The van der Waals surface area contributed by atoms with Crippen molar-refractivity contribution in [2.45, 2.75) is 440 Å². The summed E-state index contributed by atoms with van der Waals surface area (Å²) in [7, 11) is -9.92. The maximum absolute atomic E-state index is 13.1. The van der Waals surface area contributed by atoms with Gasteiger partial charge in [-0.3, -0.25) is 37.3 Å². The first-order valence-electron chi connectivity index (χ1n) is 42.2. The number of hydrogen-bond acceptors (Lipinski definition) is 15. The van der Waals surface area contributed by atoms with Gasteiger partial charge in [-0.05, 0) is 49.4 Å². The van der Waals surface area contributed by atoms with Gasteiger partial charge in [0.2, 0.25) is 0 Å². The zero-order chi connectivity index (χ0) is 74.6. The van der Waals surface area contributed by atoms with E-state index >= 15 is 0 Å². The Morgan fingerprint density at radius 1 is 0.248 bits per heavy atom. The van der Waals surface area contributed by atoms with Crippen molar-refractivity contribution in [2.75, 3.05) is 39.6 Å². The summed E-state index contributed by atoms with van der Waals surface area (Å²) in [4.78, 5) is 73.0. The lowest BCUT2D eigenvalue weighted by Gasteiger charge is -2.21. The quantitative estimate of drug-likeness (QED) is 0.0222. The van der Waals surface area contributed by atoms with E-state index in [0.717, 1.165) is 114 Å². The van der Waals surface area contributed by atoms with Crippen molar-refractivity contribution in [1.82, 2.24) is 0 Å². The monoisotopic (exact) mass is 1480 g/mol. The van der Waals surface area contributed by atoms with E-state index in [0.29, 0.717) is 31.6 Å². The van der Waals surface area contributed by atoms with Crippen molar-refractivity contribution in [3.63, 3.8) is 0 Å². The van der Waals surface area contributed by atoms with Gasteiger partial charge in [-0.15, -0.1) is 0 Å². The van der Waals surface area contributed by atoms with Gasteiger partial charge >= 0.3 is 39.5 Å². The number of ether oxygens (including phenoxy) is 4. The van der Waals surface area contributed by atoms with E-state index in [4.69, 9.17) is 37.0 Å². The van der Waals surface area contributed by atoms with Gasteiger partial charge in [0.05, 0.1) is 26.4 Å². The number of rotatable bonds is 79. The fourth-order valence-electron chi connectivity index (χ4n) is 12.6. The molecule has 0 fully saturated rings. The number of unbranched alkanes of at least 4 members (excludes halogenated alkanes) is 45. The van der Waals surface area contributed by atoms with Crippen LogP contribution in [0.1, 0.15) is 421 Å². The first-order chi connectivity index (χ1) is 48.6. The first-order valence-corrected chi connectivity index (χ1v) is 45.2. The van der Waals surface area contributed by atoms with E-state index in [1.54, 1.807) is 0 Å². The highest BCUT2D eigenvalue weighted by Crippen LogP contribution is 2.45. The van der Waals surface area contributed by atoms with Crippen molar-refractivity contribution in [3.8, 4) is 0 Å². The number of aliphatic hydroxyl groups excluding tert-OH is 1. The van der Waals surface area contributed by atoms with Gasteiger partial charge < -0.3 is 33.8 Å². The van der Waals surface area contributed by atoms with Crippen LogP contribution in [0.25, 0.3) is 0 Å². The Morgan fingerprint density at radius 2 is 0.416 bits per heavy atom. The Labute approximate surface area is 619 Å². The fraction of sp³-hybridized carbons (Fsp3) is 0.951. The molecule has 0 bridgehead atoms. The number of aliphatic hydroxyl groups is 1. The lowest BCUT2D eigenvalue weighted by Crippen LogP contribution is -2.30. The smallest absolute Gasteiger partial charge is 0.462 e.